The summed E-state index contributed by atoms with van der Waals surface area (Å²) in [5, 5.41) is 5.79. The van der Waals surface area contributed by atoms with Gasteiger partial charge in [-0.2, -0.15) is 0 Å². The Labute approximate surface area is 150 Å². The van der Waals surface area contributed by atoms with Gasteiger partial charge in [0.1, 0.15) is 0 Å². The molecule has 0 heterocycles. The molecule has 0 aliphatic heterocycles. The second-order valence-electron chi connectivity index (χ2n) is 5.77. The molecule has 0 aliphatic carbocycles. The van der Waals surface area contributed by atoms with Crippen molar-refractivity contribution in [1.29, 1.82) is 0 Å². The lowest BCUT2D eigenvalue weighted by Gasteiger charge is -2.12. The predicted octanol–water partition coefficient (Wildman–Crippen LogP) is 4.54. The number of halogens is 1. The monoisotopic (exact) mass is 388 g/mol. The van der Waals surface area contributed by atoms with Crippen LogP contribution in [0.2, 0.25) is 0 Å². The summed E-state index contributed by atoms with van der Waals surface area (Å²) in [6, 6.07) is 12.5. The van der Waals surface area contributed by atoms with E-state index in [0.717, 1.165) is 22.1 Å². The van der Waals surface area contributed by atoms with Gasteiger partial charge in [0.05, 0.1) is 0 Å². The molecule has 1 unspecified atom stereocenters. The van der Waals surface area contributed by atoms with E-state index in [4.69, 9.17) is 0 Å². The summed E-state index contributed by atoms with van der Waals surface area (Å²) in [7, 11) is 0. The van der Waals surface area contributed by atoms with Gasteiger partial charge in [0.2, 0.25) is 0 Å². The number of benzene rings is 2. The first-order valence-corrected chi connectivity index (χ1v) is 8.68. The molecule has 2 aromatic rings. The van der Waals surface area contributed by atoms with Gasteiger partial charge < -0.3 is 10.6 Å². The molecule has 4 nitrogen and oxygen atoms in total. The van der Waals surface area contributed by atoms with E-state index in [-0.39, 0.29) is 17.9 Å². The van der Waals surface area contributed by atoms with E-state index in [1.807, 2.05) is 39.0 Å². The molecule has 5 heteroatoms. The molecule has 2 amide bonds. The molecule has 2 aromatic carbocycles. The highest BCUT2D eigenvalue weighted by Crippen LogP contribution is 2.20. The van der Waals surface area contributed by atoms with Gasteiger partial charge in [-0.1, -0.05) is 22.9 Å². The molecule has 0 spiro atoms. The van der Waals surface area contributed by atoms with E-state index < -0.39 is 0 Å². The second kappa shape index (κ2) is 8.11. The maximum Gasteiger partial charge on any atom is 0.255 e. The smallest absolute Gasteiger partial charge is 0.255 e. The topological polar surface area (TPSA) is 58.2 Å². The van der Waals surface area contributed by atoms with Crippen molar-refractivity contribution < 1.29 is 9.59 Å². The van der Waals surface area contributed by atoms with Crippen molar-refractivity contribution in [2.45, 2.75) is 33.2 Å². The quantitative estimate of drug-likeness (QED) is 0.789. The van der Waals surface area contributed by atoms with Crippen LogP contribution in [0.15, 0.2) is 46.9 Å². The standard InChI is InChI=1S/C19H21BrN2O2/c1-4-13(3)21-18(23)14-5-7-15(8-6-14)19(24)22-17-10-9-16(20)11-12(17)2/h5-11,13H,4H2,1-3H3,(H,21,23)(H,22,24). The number of rotatable bonds is 5. The van der Waals surface area contributed by atoms with Crippen molar-refractivity contribution in [1.82, 2.24) is 5.32 Å². The lowest BCUT2D eigenvalue weighted by molar-refractivity contribution is 0.0937. The number of aryl methyl sites for hydroxylation is 1. The summed E-state index contributed by atoms with van der Waals surface area (Å²) in [6.07, 6.45) is 0.874. The van der Waals surface area contributed by atoms with Crippen LogP contribution in [0.4, 0.5) is 5.69 Å². The Bertz CT molecular complexity index is 742. The lowest BCUT2D eigenvalue weighted by atomic mass is 10.1. The van der Waals surface area contributed by atoms with Crippen LogP contribution >= 0.6 is 15.9 Å². The molecule has 0 saturated heterocycles. The van der Waals surface area contributed by atoms with E-state index >= 15 is 0 Å². The number of carbonyl (C=O) groups is 2. The zero-order valence-corrected chi connectivity index (χ0v) is 15.6. The van der Waals surface area contributed by atoms with E-state index in [1.54, 1.807) is 24.3 Å². The fraction of sp³-hybridized carbons (Fsp3) is 0.263. The molecule has 0 aliphatic rings. The third-order valence-electron chi connectivity index (χ3n) is 3.84. The SMILES string of the molecule is CCC(C)NC(=O)c1ccc(C(=O)Nc2ccc(Br)cc2C)cc1. The third-order valence-corrected chi connectivity index (χ3v) is 4.33. The normalized spacial score (nSPS) is 11.7. The molecule has 0 bridgehead atoms. The van der Waals surface area contributed by atoms with E-state index in [0.29, 0.717) is 11.1 Å². The molecule has 0 aromatic heterocycles. The highest BCUT2D eigenvalue weighted by atomic mass is 79.9. The lowest BCUT2D eigenvalue weighted by Crippen LogP contribution is -2.31. The van der Waals surface area contributed by atoms with Crippen LogP contribution in [-0.4, -0.2) is 17.9 Å². The number of nitrogens with one attached hydrogen (secondary N) is 2. The predicted molar refractivity (Wildman–Crippen MR) is 100 cm³/mol. The van der Waals surface area contributed by atoms with Gasteiger partial charge >= 0.3 is 0 Å². The molecule has 0 saturated carbocycles. The van der Waals surface area contributed by atoms with Crippen LogP contribution in [0.5, 0.6) is 0 Å². The molecule has 0 radical (unpaired) electrons. The summed E-state index contributed by atoms with van der Waals surface area (Å²) in [4.78, 5) is 24.4. The summed E-state index contributed by atoms with van der Waals surface area (Å²) >= 11 is 3.40. The molecule has 24 heavy (non-hydrogen) atoms. The molecular weight excluding hydrogens is 368 g/mol. The number of amides is 2. The Morgan fingerprint density at radius 2 is 1.62 bits per heavy atom. The molecule has 126 valence electrons. The van der Waals surface area contributed by atoms with Crippen LogP contribution in [0.25, 0.3) is 0 Å². The minimum absolute atomic E-state index is 0.125. The highest BCUT2D eigenvalue weighted by molar-refractivity contribution is 9.10. The third kappa shape index (κ3) is 4.68. The zero-order chi connectivity index (χ0) is 17.7. The zero-order valence-electron chi connectivity index (χ0n) is 14.0. The van der Waals surface area contributed by atoms with Crippen molar-refractivity contribution in [3.63, 3.8) is 0 Å². The molecule has 0 fully saturated rings. The Morgan fingerprint density at radius 3 is 2.17 bits per heavy atom. The Kier molecular flexibility index (Phi) is 6.15. The first kappa shape index (κ1) is 18.2. The van der Waals surface area contributed by atoms with E-state index in [9.17, 15) is 9.59 Å². The van der Waals surface area contributed by atoms with Crippen LogP contribution < -0.4 is 10.6 Å². The van der Waals surface area contributed by atoms with Crippen molar-refractivity contribution in [3.8, 4) is 0 Å². The van der Waals surface area contributed by atoms with Gasteiger partial charge in [-0.15, -0.1) is 0 Å². The first-order valence-electron chi connectivity index (χ1n) is 7.89. The van der Waals surface area contributed by atoms with E-state index in [2.05, 4.69) is 26.6 Å². The molecular formula is C19H21BrN2O2. The highest BCUT2D eigenvalue weighted by Gasteiger charge is 2.11. The first-order chi connectivity index (χ1) is 11.4. The summed E-state index contributed by atoms with van der Waals surface area (Å²) in [6.45, 7) is 5.91. The Balaban J connectivity index is 2.07. The molecule has 2 rings (SSSR count). The summed E-state index contributed by atoms with van der Waals surface area (Å²) < 4.78 is 0.967. The van der Waals surface area contributed by atoms with Gasteiger partial charge in [-0.05, 0) is 68.3 Å². The number of hydrogen-bond donors (Lipinski definition) is 2. The van der Waals surface area contributed by atoms with Crippen molar-refractivity contribution in [2.24, 2.45) is 0 Å². The largest absolute Gasteiger partial charge is 0.350 e. The average molecular weight is 389 g/mol. The van der Waals surface area contributed by atoms with Crippen molar-refractivity contribution >= 4 is 33.4 Å². The number of anilines is 1. The fourth-order valence-electron chi connectivity index (χ4n) is 2.14. The van der Waals surface area contributed by atoms with Gasteiger partial charge in [0, 0.05) is 27.3 Å². The second-order valence-corrected chi connectivity index (χ2v) is 6.69. The van der Waals surface area contributed by atoms with Crippen LogP contribution in [0.1, 0.15) is 46.5 Å². The van der Waals surface area contributed by atoms with Crippen LogP contribution in [0.3, 0.4) is 0 Å². The summed E-state index contributed by atoms with van der Waals surface area (Å²) in [5.41, 5.74) is 2.80. The Morgan fingerprint density at radius 1 is 1.04 bits per heavy atom. The van der Waals surface area contributed by atoms with Crippen LogP contribution in [-0.2, 0) is 0 Å². The fourth-order valence-corrected chi connectivity index (χ4v) is 2.62. The van der Waals surface area contributed by atoms with Crippen LogP contribution in [0, 0.1) is 6.92 Å². The Hall–Kier alpha value is -2.14. The summed E-state index contributed by atoms with van der Waals surface area (Å²) in [5.74, 6) is -0.325. The number of hydrogen-bond acceptors (Lipinski definition) is 2. The minimum atomic E-state index is -0.200. The van der Waals surface area contributed by atoms with Crippen molar-refractivity contribution in [2.75, 3.05) is 5.32 Å². The van der Waals surface area contributed by atoms with Crippen molar-refractivity contribution in [3.05, 3.63) is 63.6 Å². The molecule has 2 N–H and O–H groups in total. The maximum atomic E-state index is 12.3. The minimum Gasteiger partial charge on any atom is -0.350 e. The van der Waals surface area contributed by atoms with Gasteiger partial charge in [0.15, 0.2) is 0 Å². The number of carbonyl (C=O) groups excluding carboxylic acids is 2. The maximum absolute atomic E-state index is 12.3. The van der Waals surface area contributed by atoms with Gasteiger partial charge in [0.25, 0.3) is 11.8 Å². The average Bonchev–Trinajstić information content (AvgIpc) is 2.57. The van der Waals surface area contributed by atoms with E-state index in [1.165, 1.54) is 0 Å². The van der Waals surface area contributed by atoms with Gasteiger partial charge in [-0.25, -0.2) is 0 Å². The van der Waals surface area contributed by atoms with Gasteiger partial charge in [-0.3, -0.25) is 9.59 Å². The molecule has 1 atom stereocenters.